The first-order chi connectivity index (χ1) is 28.3. The average Bonchev–Trinajstić information content (AvgIpc) is 3.98. The van der Waals surface area contributed by atoms with Crippen LogP contribution in [0.1, 0.15) is 22.3 Å². The number of benzene rings is 7. The summed E-state index contributed by atoms with van der Waals surface area (Å²) in [6.45, 7) is 0. The molecule has 0 saturated heterocycles. The summed E-state index contributed by atoms with van der Waals surface area (Å²) in [4.78, 5) is 9.46. The summed E-state index contributed by atoms with van der Waals surface area (Å²) in [5, 5.41) is 4.87. The lowest BCUT2D eigenvalue weighted by molar-refractivity contribution is 0.793. The third-order valence-electron chi connectivity index (χ3n) is 12.7. The second kappa shape index (κ2) is 11.2. The second-order valence-corrected chi connectivity index (χ2v) is 15.4. The molecule has 264 valence electrons. The highest BCUT2D eigenvalue weighted by atomic mass is 15.0. The Morgan fingerprint density at radius 3 is 1.63 bits per heavy atom. The Kier molecular flexibility index (Phi) is 6.07. The maximum absolute atomic E-state index is 4.78. The van der Waals surface area contributed by atoms with Gasteiger partial charge in [-0.15, -0.1) is 0 Å². The first kappa shape index (κ1) is 30.7. The highest BCUT2D eigenvalue weighted by molar-refractivity contribution is 6.12. The Bertz CT molecular complexity index is 3360. The van der Waals surface area contributed by atoms with Gasteiger partial charge in [0.05, 0.1) is 22.0 Å². The van der Waals surface area contributed by atoms with Crippen molar-refractivity contribution < 1.29 is 0 Å². The van der Waals surface area contributed by atoms with E-state index in [9.17, 15) is 0 Å². The molecule has 0 aliphatic heterocycles. The lowest BCUT2D eigenvalue weighted by Gasteiger charge is -2.30. The fraction of sp³-hybridized carbons (Fsp3) is 0.0189. The molecule has 4 nitrogen and oxygen atoms in total. The van der Waals surface area contributed by atoms with E-state index in [4.69, 9.17) is 4.98 Å². The fourth-order valence-corrected chi connectivity index (χ4v) is 10.4. The maximum atomic E-state index is 4.78. The summed E-state index contributed by atoms with van der Waals surface area (Å²) < 4.78 is 4.72. The smallest absolute Gasteiger partial charge is 0.145 e. The van der Waals surface area contributed by atoms with Crippen LogP contribution in [-0.4, -0.2) is 19.1 Å². The predicted molar refractivity (Wildman–Crippen MR) is 232 cm³/mol. The van der Waals surface area contributed by atoms with E-state index in [1.54, 1.807) is 0 Å². The van der Waals surface area contributed by atoms with Crippen LogP contribution in [0.4, 0.5) is 0 Å². The van der Waals surface area contributed by atoms with E-state index in [0.29, 0.717) is 0 Å². The molecular weight excluding hydrogens is 693 g/mol. The maximum Gasteiger partial charge on any atom is 0.145 e. The molecule has 0 unspecified atom stereocenters. The molecule has 57 heavy (non-hydrogen) atoms. The number of aromatic nitrogens is 4. The molecule has 4 heteroatoms. The molecule has 0 N–H and O–H groups in total. The average molecular weight is 725 g/mol. The van der Waals surface area contributed by atoms with Gasteiger partial charge in [-0.05, 0) is 117 Å². The van der Waals surface area contributed by atoms with Crippen molar-refractivity contribution in [3.05, 3.63) is 217 Å². The number of fused-ring (bicyclic) bond motifs is 16. The lowest BCUT2D eigenvalue weighted by Crippen LogP contribution is -2.25. The zero-order valence-corrected chi connectivity index (χ0v) is 30.8. The second-order valence-electron chi connectivity index (χ2n) is 15.4. The predicted octanol–water partition coefficient (Wildman–Crippen LogP) is 12.7. The van der Waals surface area contributed by atoms with Crippen LogP contribution in [0, 0.1) is 0 Å². The van der Waals surface area contributed by atoms with Crippen molar-refractivity contribution in [1.29, 1.82) is 0 Å². The number of nitrogens with zero attached hydrogens (tertiary/aromatic N) is 4. The van der Waals surface area contributed by atoms with Crippen LogP contribution >= 0.6 is 0 Å². The standard InChI is InChI=1S/C53H32N4/c1-5-15-45-37(10-1)38-11-2-6-16-46(38)53(45)47-27-29-54-32-44(47)42-30-43-40-13-4-7-17-49(40)56(51(43)31-48(42)53)35-23-19-33(20-24-35)34-21-25-36(26-22-34)57-50-18-8-3-12-39(50)41-14-9-28-55-52(41)57/h1-32H. The molecule has 0 bridgehead atoms. The van der Waals surface area contributed by atoms with Crippen LogP contribution in [0.3, 0.4) is 0 Å². The van der Waals surface area contributed by atoms with Crippen molar-refractivity contribution in [2.45, 2.75) is 5.41 Å². The Morgan fingerprint density at radius 1 is 0.368 bits per heavy atom. The van der Waals surface area contributed by atoms with Crippen molar-refractivity contribution in [3.8, 4) is 44.8 Å². The molecule has 11 aromatic rings. The molecule has 7 aromatic carbocycles. The molecule has 0 saturated carbocycles. The van der Waals surface area contributed by atoms with Crippen LogP contribution < -0.4 is 0 Å². The summed E-state index contributed by atoms with van der Waals surface area (Å²) in [7, 11) is 0. The summed E-state index contributed by atoms with van der Waals surface area (Å²) >= 11 is 0. The molecule has 2 aliphatic carbocycles. The monoisotopic (exact) mass is 724 g/mol. The first-order valence-corrected chi connectivity index (χ1v) is 19.6. The Hall–Kier alpha value is -7.56. The van der Waals surface area contributed by atoms with Gasteiger partial charge in [0, 0.05) is 57.1 Å². The molecule has 0 amide bonds. The van der Waals surface area contributed by atoms with Crippen molar-refractivity contribution in [2.75, 3.05) is 0 Å². The largest absolute Gasteiger partial charge is 0.309 e. The molecule has 13 rings (SSSR count). The van der Waals surface area contributed by atoms with E-state index in [0.717, 1.165) is 27.9 Å². The highest BCUT2D eigenvalue weighted by Crippen LogP contribution is 2.63. The summed E-state index contributed by atoms with van der Waals surface area (Å²) in [6.07, 6.45) is 5.91. The van der Waals surface area contributed by atoms with E-state index in [-0.39, 0.29) is 0 Å². The highest BCUT2D eigenvalue weighted by Gasteiger charge is 2.52. The Balaban J connectivity index is 0.969. The van der Waals surface area contributed by atoms with Crippen molar-refractivity contribution in [1.82, 2.24) is 19.1 Å². The molecular formula is C53H32N4. The normalized spacial score (nSPS) is 13.4. The SMILES string of the molecule is c1ccc2c(c1)-c1ccccc1C21c2ccncc2-c2cc3c4ccccc4n(-c4ccc(-c5ccc(-n6c7ccccc7c7cccnc76)cc5)cc4)c3cc21. The summed E-state index contributed by atoms with van der Waals surface area (Å²) in [5.74, 6) is 0. The van der Waals surface area contributed by atoms with E-state index in [2.05, 4.69) is 190 Å². The van der Waals surface area contributed by atoms with Crippen LogP contribution in [0.15, 0.2) is 195 Å². The molecule has 4 aromatic heterocycles. The van der Waals surface area contributed by atoms with Gasteiger partial charge in [0.25, 0.3) is 0 Å². The first-order valence-electron chi connectivity index (χ1n) is 19.6. The van der Waals surface area contributed by atoms with E-state index in [1.165, 1.54) is 82.8 Å². The van der Waals surface area contributed by atoms with Gasteiger partial charge in [0.2, 0.25) is 0 Å². The van der Waals surface area contributed by atoms with Crippen molar-refractivity contribution in [2.24, 2.45) is 0 Å². The molecule has 4 heterocycles. The minimum atomic E-state index is -0.429. The quantitative estimate of drug-likeness (QED) is 0.182. The fourth-order valence-electron chi connectivity index (χ4n) is 10.4. The number of rotatable bonds is 3. The number of hydrogen-bond acceptors (Lipinski definition) is 2. The molecule has 2 aliphatic rings. The summed E-state index contributed by atoms with van der Waals surface area (Å²) in [6, 6.07) is 64.6. The number of para-hydroxylation sites is 2. The van der Waals surface area contributed by atoms with Crippen LogP contribution in [-0.2, 0) is 5.41 Å². The van der Waals surface area contributed by atoms with Gasteiger partial charge < -0.3 is 4.57 Å². The van der Waals surface area contributed by atoms with E-state index in [1.807, 2.05) is 18.5 Å². The van der Waals surface area contributed by atoms with Crippen molar-refractivity contribution >= 4 is 43.7 Å². The van der Waals surface area contributed by atoms with Gasteiger partial charge in [-0.1, -0.05) is 109 Å². The van der Waals surface area contributed by atoms with Gasteiger partial charge in [0.15, 0.2) is 0 Å². The Morgan fingerprint density at radius 2 is 0.930 bits per heavy atom. The number of pyridine rings is 2. The van der Waals surface area contributed by atoms with Gasteiger partial charge in [-0.2, -0.15) is 0 Å². The zero-order valence-electron chi connectivity index (χ0n) is 30.8. The molecule has 0 atom stereocenters. The van der Waals surface area contributed by atoms with Crippen LogP contribution in [0.2, 0.25) is 0 Å². The third kappa shape index (κ3) is 3.96. The van der Waals surface area contributed by atoms with Gasteiger partial charge in [-0.25, -0.2) is 4.98 Å². The molecule has 0 fully saturated rings. The van der Waals surface area contributed by atoms with E-state index >= 15 is 0 Å². The number of hydrogen-bond donors (Lipinski definition) is 0. The lowest BCUT2D eigenvalue weighted by atomic mass is 9.70. The van der Waals surface area contributed by atoms with Gasteiger partial charge in [0.1, 0.15) is 5.65 Å². The van der Waals surface area contributed by atoms with E-state index < -0.39 is 5.41 Å². The molecule has 0 radical (unpaired) electrons. The third-order valence-corrected chi connectivity index (χ3v) is 12.7. The van der Waals surface area contributed by atoms with Crippen LogP contribution in [0.25, 0.3) is 88.5 Å². The van der Waals surface area contributed by atoms with Gasteiger partial charge >= 0.3 is 0 Å². The topological polar surface area (TPSA) is 35.6 Å². The minimum Gasteiger partial charge on any atom is -0.309 e. The zero-order chi connectivity index (χ0) is 37.2. The summed E-state index contributed by atoms with van der Waals surface area (Å²) in [5.41, 5.74) is 19.1. The Labute approximate surface area is 328 Å². The van der Waals surface area contributed by atoms with Crippen molar-refractivity contribution in [3.63, 3.8) is 0 Å². The molecule has 1 spiro atoms. The van der Waals surface area contributed by atoms with Gasteiger partial charge in [-0.3, -0.25) is 9.55 Å². The minimum absolute atomic E-state index is 0.429. The van der Waals surface area contributed by atoms with Crippen LogP contribution in [0.5, 0.6) is 0 Å².